The highest BCUT2D eigenvalue weighted by Crippen LogP contribution is 2.07. The Labute approximate surface area is 94.0 Å². The van der Waals surface area contributed by atoms with E-state index < -0.39 is 0 Å². The number of ether oxygens (including phenoxy) is 1. The van der Waals surface area contributed by atoms with Crippen LogP contribution in [0.3, 0.4) is 0 Å². The van der Waals surface area contributed by atoms with Crippen LogP contribution >= 0.6 is 0 Å². The lowest BCUT2D eigenvalue weighted by atomic mass is 10.0. The molecule has 0 unspecified atom stereocenters. The normalized spacial score (nSPS) is 15.3. The van der Waals surface area contributed by atoms with Gasteiger partial charge in [0.1, 0.15) is 6.61 Å². The molecule has 4 heteroatoms. The van der Waals surface area contributed by atoms with Gasteiger partial charge in [0.15, 0.2) is 11.6 Å². The number of allylic oxidation sites excluding steroid dienone is 3. The zero-order chi connectivity index (χ0) is 12.1. The molecule has 0 atom stereocenters. The lowest BCUT2D eigenvalue weighted by Gasteiger charge is -2.09. The lowest BCUT2D eigenvalue weighted by Crippen LogP contribution is -2.16. The molecular weight excluding hydrogens is 208 g/mol. The molecule has 0 radical (unpaired) electrons. The maximum absolute atomic E-state index is 11.3. The Balaban J connectivity index is 2.46. The van der Waals surface area contributed by atoms with Crippen LogP contribution in [0.15, 0.2) is 23.8 Å². The minimum absolute atomic E-state index is 0.125. The van der Waals surface area contributed by atoms with Gasteiger partial charge in [0.25, 0.3) is 0 Å². The Morgan fingerprint density at radius 1 is 1.31 bits per heavy atom. The Bertz CT molecular complexity index is 374. The van der Waals surface area contributed by atoms with Crippen molar-refractivity contribution in [3.63, 3.8) is 0 Å². The minimum atomic E-state index is -0.356. The molecule has 0 bridgehead atoms. The fourth-order valence-corrected chi connectivity index (χ4v) is 1.22. The molecule has 4 nitrogen and oxygen atoms in total. The topological polar surface area (TPSA) is 60.4 Å². The molecule has 0 fully saturated rings. The van der Waals surface area contributed by atoms with E-state index in [2.05, 4.69) is 0 Å². The van der Waals surface area contributed by atoms with Crippen molar-refractivity contribution in [2.45, 2.75) is 20.3 Å². The zero-order valence-electron chi connectivity index (χ0n) is 9.36. The second kappa shape index (κ2) is 5.39. The van der Waals surface area contributed by atoms with Crippen LogP contribution in [0.25, 0.3) is 0 Å². The van der Waals surface area contributed by atoms with Crippen LogP contribution in [-0.4, -0.2) is 24.1 Å². The number of rotatable bonds is 4. The van der Waals surface area contributed by atoms with Gasteiger partial charge in [-0.05, 0) is 24.1 Å². The Kier molecular flexibility index (Phi) is 4.17. The van der Waals surface area contributed by atoms with E-state index >= 15 is 0 Å². The van der Waals surface area contributed by atoms with Gasteiger partial charge in [0, 0.05) is 12.0 Å². The number of ketones is 2. The van der Waals surface area contributed by atoms with E-state index in [9.17, 15) is 14.4 Å². The van der Waals surface area contributed by atoms with Crippen molar-refractivity contribution in [2.75, 3.05) is 6.61 Å². The summed E-state index contributed by atoms with van der Waals surface area (Å²) in [4.78, 5) is 33.5. The van der Waals surface area contributed by atoms with Crippen LogP contribution in [0.4, 0.5) is 0 Å². The van der Waals surface area contributed by atoms with Gasteiger partial charge in [0.2, 0.25) is 0 Å². The summed E-state index contributed by atoms with van der Waals surface area (Å²) in [6.07, 6.45) is 3.89. The third-order valence-corrected chi connectivity index (χ3v) is 2.00. The third kappa shape index (κ3) is 3.81. The van der Waals surface area contributed by atoms with Crippen molar-refractivity contribution >= 4 is 17.5 Å². The second-order valence-corrected chi connectivity index (χ2v) is 4.03. The molecule has 1 aliphatic rings. The van der Waals surface area contributed by atoms with E-state index in [0.717, 1.165) is 0 Å². The summed E-state index contributed by atoms with van der Waals surface area (Å²) in [6.45, 7) is 3.68. The Morgan fingerprint density at radius 3 is 2.62 bits per heavy atom. The average Bonchev–Trinajstić information content (AvgIpc) is 2.18. The zero-order valence-corrected chi connectivity index (χ0v) is 9.36. The molecule has 0 aromatic carbocycles. The first-order valence-corrected chi connectivity index (χ1v) is 5.11. The van der Waals surface area contributed by atoms with Gasteiger partial charge in [0.05, 0.1) is 0 Å². The van der Waals surface area contributed by atoms with Crippen LogP contribution in [0.2, 0.25) is 0 Å². The number of hydrogen-bond acceptors (Lipinski definition) is 4. The summed E-state index contributed by atoms with van der Waals surface area (Å²) in [5, 5.41) is 0. The minimum Gasteiger partial charge on any atom is -0.461 e. The van der Waals surface area contributed by atoms with Crippen LogP contribution in [-0.2, 0) is 19.1 Å². The van der Waals surface area contributed by atoms with Crippen molar-refractivity contribution in [1.29, 1.82) is 0 Å². The van der Waals surface area contributed by atoms with Crippen molar-refractivity contribution in [2.24, 2.45) is 5.92 Å². The molecule has 0 heterocycles. The van der Waals surface area contributed by atoms with Gasteiger partial charge in [-0.25, -0.2) is 0 Å². The number of carbonyl (C=O) groups is 3. The standard InChI is InChI=1S/C12H14O4/c1-8(2)5-12(15)16-7-9-6-10(13)3-4-11(9)14/h3-4,6,8H,5,7H2,1-2H3. The van der Waals surface area contributed by atoms with Gasteiger partial charge in [-0.1, -0.05) is 13.8 Å². The quantitative estimate of drug-likeness (QED) is 0.530. The molecular formula is C12H14O4. The maximum Gasteiger partial charge on any atom is 0.306 e. The average molecular weight is 222 g/mol. The second-order valence-electron chi connectivity index (χ2n) is 4.03. The Hall–Kier alpha value is -1.71. The molecule has 86 valence electrons. The summed E-state index contributed by atoms with van der Waals surface area (Å²) in [7, 11) is 0. The van der Waals surface area contributed by atoms with E-state index in [-0.39, 0.29) is 35.6 Å². The molecule has 0 aromatic rings. The third-order valence-electron chi connectivity index (χ3n) is 2.00. The van der Waals surface area contributed by atoms with E-state index in [1.165, 1.54) is 18.2 Å². The van der Waals surface area contributed by atoms with E-state index in [0.29, 0.717) is 6.42 Å². The Morgan fingerprint density at radius 2 is 2.00 bits per heavy atom. The number of carbonyl (C=O) groups excluding carboxylic acids is 3. The first kappa shape index (κ1) is 12.4. The largest absolute Gasteiger partial charge is 0.461 e. The summed E-state index contributed by atoms with van der Waals surface area (Å²) in [5.41, 5.74) is 0.226. The molecule has 0 spiro atoms. The molecule has 16 heavy (non-hydrogen) atoms. The fourth-order valence-electron chi connectivity index (χ4n) is 1.22. The van der Waals surface area contributed by atoms with Crippen LogP contribution in [0.5, 0.6) is 0 Å². The lowest BCUT2D eigenvalue weighted by molar-refractivity contribution is -0.143. The maximum atomic E-state index is 11.3. The highest BCUT2D eigenvalue weighted by Gasteiger charge is 2.15. The smallest absolute Gasteiger partial charge is 0.306 e. The van der Waals surface area contributed by atoms with Crippen LogP contribution in [0, 0.1) is 5.92 Å². The highest BCUT2D eigenvalue weighted by atomic mass is 16.5. The van der Waals surface area contributed by atoms with Crippen molar-refractivity contribution in [3.8, 4) is 0 Å². The first-order valence-electron chi connectivity index (χ1n) is 5.11. The van der Waals surface area contributed by atoms with E-state index in [1.807, 2.05) is 13.8 Å². The monoisotopic (exact) mass is 222 g/mol. The fraction of sp³-hybridized carbons (Fsp3) is 0.417. The van der Waals surface area contributed by atoms with Gasteiger partial charge in [-0.2, -0.15) is 0 Å². The molecule has 0 N–H and O–H groups in total. The molecule has 1 rings (SSSR count). The number of hydrogen-bond donors (Lipinski definition) is 0. The van der Waals surface area contributed by atoms with Crippen LogP contribution < -0.4 is 0 Å². The molecule has 1 aliphatic carbocycles. The van der Waals surface area contributed by atoms with Crippen LogP contribution in [0.1, 0.15) is 20.3 Å². The first-order chi connectivity index (χ1) is 7.49. The van der Waals surface area contributed by atoms with Gasteiger partial charge in [-0.15, -0.1) is 0 Å². The molecule has 0 aromatic heterocycles. The van der Waals surface area contributed by atoms with Gasteiger partial charge < -0.3 is 4.74 Å². The van der Waals surface area contributed by atoms with Crippen molar-refractivity contribution < 1.29 is 19.1 Å². The summed E-state index contributed by atoms with van der Waals surface area (Å²) in [5.74, 6) is -0.678. The predicted octanol–water partition coefficient (Wildman–Crippen LogP) is 1.21. The summed E-state index contributed by atoms with van der Waals surface area (Å²) >= 11 is 0. The molecule has 0 amide bonds. The highest BCUT2D eigenvalue weighted by molar-refractivity contribution is 6.17. The van der Waals surface area contributed by atoms with E-state index in [4.69, 9.17) is 4.74 Å². The van der Waals surface area contributed by atoms with Gasteiger partial charge >= 0.3 is 5.97 Å². The number of esters is 1. The molecule has 0 saturated carbocycles. The summed E-state index contributed by atoms with van der Waals surface area (Å²) in [6, 6.07) is 0. The van der Waals surface area contributed by atoms with E-state index in [1.54, 1.807) is 0 Å². The van der Waals surface area contributed by atoms with Crippen molar-refractivity contribution in [1.82, 2.24) is 0 Å². The molecule has 0 aliphatic heterocycles. The summed E-state index contributed by atoms with van der Waals surface area (Å²) < 4.78 is 4.90. The SMILES string of the molecule is CC(C)CC(=O)OCC1=CC(=O)C=CC1=O. The van der Waals surface area contributed by atoms with Crippen molar-refractivity contribution in [3.05, 3.63) is 23.8 Å². The predicted molar refractivity (Wildman–Crippen MR) is 57.7 cm³/mol. The molecule has 0 saturated heterocycles. The van der Waals surface area contributed by atoms with Gasteiger partial charge in [-0.3, -0.25) is 14.4 Å².